The number of nitrogens with zero attached hydrogens (tertiary/aromatic N) is 6. The van der Waals surface area contributed by atoms with Crippen molar-refractivity contribution in [2.24, 2.45) is 7.05 Å². The molecule has 10 heteroatoms. The number of aromatic carboxylic acids is 1. The molecule has 3 aromatic heterocycles. The maximum absolute atomic E-state index is 13.1. The Labute approximate surface area is 174 Å². The summed E-state index contributed by atoms with van der Waals surface area (Å²) in [6, 6.07) is 14.3. The highest BCUT2D eigenvalue weighted by Crippen LogP contribution is 2.26. The largest absolute Gasteiger partial charge is 0.495 e. The minimum Gasteiger partial charge on any atom is -0.495 e. The molecule has 10 nitrogen and oxygen atoms in total. The molecule has 0 bridgehead atoms. The first kappa shape index (κ1) is 18.6. The number of imidazole rings is 2. The van der Waals surface area contributed by atoms with Crippen LogP contribution < -0.4 is 10.4 Å². The molecule has 31 heavy (non-hydrogen) atoms. The summed E-state index contributed by atoms with van der Waals surface area (Å²) in [5.41, 5.74) is 1.36. The molecule has 2 aromatic carbocycles. The van der Waals surface area contributed by atoms with Crippen LogP contribution in [0.2, 0.25) is 0 Å². The Bertz CT molecular complexity index is 1550. The number of hydrogen-bond acceptors (Lipinski definition) is 6. The molecule has 0 fully saturated rings. The molecule has 0 spiro atoms. The van der Waals surface area contributed by atoms with E-state index in [4.69, 9.17) is 4.74 Å². The van der Waals surface area contributed by atoms with Crippen LogP contribution in [0.15, 0.2) is 59.7 Å². The van der Waals surface area contributed by atoms with Gasteiger partial charge in [0.2, 0.25) is 5.95 Å². The van der Waals surface area contributed by atoms with Crippen molar-refractivity contribution < 1.29 is 14.6 Å². The van der Waals surface area contributed by atoms with E-state index >= 15 is 0 Å². The van der Waals surface area contributed by atoms with Crippen molar-refractivity contribution in [1.29, 1.82) is 0 Å². The highest BCUT2D eigenvalue weighted by molar-refractivity contribution is 5.99. The van der Waals surface area contributed by atoms with Gasteiger partial charge in [0.05, 0.1) is 23.8 Å². The standard InChI is InChI=1S/C21H16N6O4/c1-25-17-16(19(28)29)23-20(26-11-22-12-7-3-4-8-13(12)26)24-18(17)27(21(25)30)14-9-5-6-10-15(14)31-2/h3-11H,1-2H3,(H,28,29). The molecule has 0 aliphatic carbocycles. The monoisotopic (exact) mass is 416 g/mol. The smallest absolute Gasteiger partial charge is 0.356 e. The van der Waals surface area contributed by atoms with Crippen molar-refractivity contribution >= 4 is 28.2 Å². The van der Waals surface area contributed by atoms with Crippen molar-refractivity contribution in [3.63, 3.8) is 0 Å². The Morgan fingerprint density at radius 1 is 1.06 bits per heavy atom. The molecule has 5 rings (SSSR count). The highest BCUT2D eigenvalue weighted by Gasteiger charge is 2.25. The number of methoxy groups -OCH3 is 1. The van der Waals surface area contributed by atoms with Gasteiger partial charge in [0, 0.05) is 7.05 Å². The van der Waals surface area contributed by atoms with Gasteiger partial charge in [-0.05, 0) is 24.3 Å². The van der Waals surface area contributed by atoms with Crippen LogP contribution in [0.4, 0.5) is 0 Å². The normalized spacial score (nSPS) is 11.3. The van der Waals surface area contributed by atoms with Crippen LogP contribution in [0.3, 0.4) is 0 Å². The van der Waals surface area contributed by atoms with Gasteiger partial charge in [-0.25, -0.2) is 24.1 Å². The summed E-state index contributed by atoms with van der Waals surface area (Å²) in [6.45, 7) is 0. The third-order valence-corrected chi connectivity index (χ3v) is 5.08. The number of ether oxygens (including phenoxy) is 1. The molecule has 0 saturated carbocycles. The number of carboxylic acid groups (broad SMARTS) is 1. The average Bonchev–Trinajstić information content (AvgIpc) is 3.32. The summed E-state index contributed by atoms with van der Waals surface area (Å²) < 4.78 is 9.54. The molecular formula is C21H16N6O4. The van der Waals surface area contributed by atoms with Gasteiger partial charge < -0.3 is 9.84 Å². The molecule has 0 aliphatic heterocycles. The fourth-order valence-corrected chi connectivity index (χ4v) is 3.64. The number of carboxylic acids is 1. The second kappa shape index (κ2) is 6.80. The Morgan fingerprint density at radius 3 is 2.58 bits per heavy atom. The molecule has 5 aromatic rings. The van der Waals surface area contributed by atoms with E-state index in [0.29, 0.717) is 22.5 Å². The summed E-state index contributed by atoms with van der Waals surface area (Å²) >= 11 is 0. The summed E-state index contributed by atoms with van der Waals surface area (Å²) in [6.07, 6.45) is 1.52. The van der Waals surface area contributed by atoms with Crippen LogP contribution in [0.5, 0.6) is 5.75 Å². The first-order chi connectivity index (χ1) is 15.0. The topological polar surface area (TPSA) is 117 Å². The van der Waals surface area contributed by atoms with E-state index in [0.717, 1.165) is 0 Å². The van der Waals surface area contributed by atoms with Crippen molar-refractivity contribution in [1.82, 2.24) is 28.7 Å². The minimum atomic E-state index is -1.27. The Hall–Kier alpha value is -4.47. The van der Waals surface area contributed by atoms with E-state index in [1.807, 2.05) is 24.3 Å². The molecular weight excluding hydrogens is 400 g/mol. The predicted octanol–water partition coefficient (Wildman–Crippen LogP) is 2.16. The van der Waals surface area contributed by atoms with E-state index in [1.54, 1.807) is 28.8 Å². The Morgan fingerprint density at radius 2 is 1.81 bits per heavy atom. The van der Waals surface area contributed by atoms with Gasteiger partial charge in [-0.3, -0.25) is 9.13 Å². The number of carbonyl (C=O) groups is 1. The van der Waals surface area contributed by atoms with Gasteiger partial charge in [-0.15, -0.1) is 0 Å². The Balaban J connectivity index is 1.91. The summed E-state index contributed by atoms with van der Waals surface area (Å²) in [5.74, 6) is -0.735. The second-order valence-electron chi connectivity index (χ2n) is 6.80. The van der Waals surface area contributed by atoms with E-state index in [2.05, 4.69) is 15.0 Å². The molecule has 0 amide bonds. The first-order valence-electron chi connectivity index (χ1n) is 9.30. The number of aryl methyl sites for hydroxylation is 1. The van der Waals surface area contributed by atoms with Crippen LogP contribution in [-0.2, 0) is 7.05 Å². The number of benzene rings is 2. The predicted molar refractivity (Wildman–Crippen MR) is 112 cm³/mol. The van der Waals surface area contributed by atoms with E-state index in [9.17, 15) is 14.7 Å². The fraction of sp³-hybridized carbons (Fsp3) is 0.0952. The number of para-hydroxylation sites is 4. The molecule has 154 valence electrons. The minimum absolute atomic E-state index is 0.0906. The molecule has 0 radical (unpaired) electrons. The van der Waals surface area contributed by atoms with Gasteiger partial charge in [-0.2, -0.15) is 4.98 Å². The fourth-order valence-electron chi connectivity index (χ4n) is 3.64. The maximum atomic E-state index is 13.1. The van der Waals surface area contributed by atoms with Gasteiger partial charge in [0.15, 0.2) is 11.3 Å². The lowest BCUT2D eigenvalue weighted by Crippen LogP contribution is -2.21. The third-order valence-electron chi connectivity index (χ3n) is 5.08. The van der Waals surface area contributed by atoms with Gasteiger partial charge in [-0.1, -0.05) is 24.3 Å². The molecule has 1 N–H and O–H groups in total. The quantitative estimate of drug-likeness (QED) is 0.477. The van der Waals surface area contributed by atoms with Crippen LogP contribution in [-0.4, -0.2) is 46.8 Å². The molecule has 0 unspecified atom stereocenters. The van der Waals surface area contributed by atoms with E-state index in [-0.39, 0.29) is 22.8 Å². The van der Waals surface area contributed by atoms with Crippen LogP contribution in [0, 0.1) is 0 Å². The highest BCUT2D eigenvalue weighted by atomic mass is 16.5. The van der Waals surface area contributed by atoms with Gasteiger partial charge in [0.25, 0.3) is 0 Å². The van der Waals surface area contributed by atoms with Crippen LogP contribution in [0.1, 0.15) is 10.5 Å². The lowest BCUT2D eigenvalue weighted by atomic mass is 10.3. The lowest BCUT2D eigenvalue weighted by Gasteiger charge is -2.10. The first-order valence-corrected chi connectivity index (χ1v) is 9.30. The molecule has 0 atom stereocenters. The van der Waals surface area contributed by atoms with E-state index < -0.39 is 11.7 Å². The summed E-state index contributed by atoms with van der Waals surface area (Å²) in [7, 11) is 2.98. The van der Waals surface area contributed by atoms with Crippen molar-refractivity contribution in [2.75, 3.05) is 7.11 Å². The SMILES string of the molecule is COc1ccccc1-n1c(=O)n(C)c2c(C(=O)O)nc(-n3cnc4ccccc43)nc21. The number of rotatable bonds is 4. The van der Waals surface area contributed by atoms with Gasteiger partial charge >= 0.3 is 11.7 Å². The molecule has 3 heterocycles. The van der Waals surface area contributed by atoms with Crippen LogP contribution >= 0.6 is 0 Å². The zero-order valence-electron chi connectivity index (χ0n) is 16.6. The van der Waals surface area contributed by atoms with Crippen molar-refractivity contribution in [2.45, 2.75) is 0 Å². The zero-order chi connectivity index (χ0) is 21.7. The summed E-state index contributed by atoms with van der Waals surface area (Å²) in [4.78, 5) is 38.4. The lowest BCUT2D eigenvalue weighted by molar-refractivity contribution is 0.0692. The second-order valence-corrected chi connectivity index (χ2v) is 6.80. The third kappa shape index (κ3) is 2.69. The molecule has 0 saturated heterocycles. The average molecular weight is 416 g/mol. The van der Waals surface area contributed by atoms with Crippen LogP contribution in [0.25, 0.3) is 33.8 Å². The zero-order valence-corrected chi connectivity index (χ0v) is 16.6. The summed E-state index contributed by atoms with van der Waals surface area (Å²) in [5, 5.41) is 9.85. The number of aromatic nitrogens is 6. The molecule has 0 aliphatic rings. The van der Waals surface area contributed by atoms with E-state index in [1.165, 1.54) is 29.6 Å². The van der Waals surface area contributed by atoms with Gasteiger partial charge in [0.1, 0.15) is 17.6 Å². The number of fused-ring (bicyclic) bond motifs is 2. The number of hydrogen-bond donors (Lipinski definition) is 1. The van der Waals surface area contributed by atoms with Crippen molar-refractivity contribution in [3.8, 4) is 17.4 Å². The Kier molecular flexibility index (Phi) is 4.07. The van der Waals surface area contributed by atoms with Crippen molar-refractivity contribution in [3.05, 3.63) is 71.0 Å². The maximum Gasteiger partial charge on any atom is 0.356 e.